The van der Waals surface area contributed by atoms with Crippen molar-refractivity contribution in [3.8, 4) is 11.3 Å². The maximum Gasteiger partial charge on any atom is 0.255 e. The van der Waals surface area contributed by atoms with Gasteiger partial charge in [-0.25, -0.2) is 4.39 Å². The molecule has 1 aliphatic heterocycles. The van der Waals surface area contributed by atoms with Crippen LogP contribution in [-0.2, 0) is 0 Å². The standard InChI is InChI=1S/C20H18BrFN4O/c21-17-4-2-1-3-16(17)20(27)26-11-9-25(10-12-26)19-13-18(23-24-19)14-5-7-15(22)8-6-14/h1-8,13H,9-12H2,(H,23,24). The van der Waals surface area contributed by atoms with E-state index in [0.717, 1.165) is 21.5 Å². The number of carbonyl (C=O) groups excluding carboxylic acids is 1. The molecule has 7 heteroatoms. The molecule has 27 heavy (non-hydrogen) atoms. The summed E-state index contributed by atoms with van der Waals surface area (Å²) in [5.74, 6) is 0.614. The van der Waals surface area contributed by atoms with Crippen molar-refractivity contribution in [2.45, 2.75) is 0 Å². The van der Waals surface area contributed by atoms with Gasteiger partial charge in [0.1, 0.15) is 5.82 Å². The van der Waals surface area contributed by atoms with E-state index in [0.29, 0.717) is 31.7 Å². The molecule has 138 valence electrons. The highest BCUT2D eigenvalue weighted by Crippen LogP contribution is 2.24. The smallest absolute Gasteiger partial charge is 0.255 e. The number of carbonyl (C=O) groups is 1. The summed E-state index contributed by atoms with van der Waals surface area (Å²) in [6.45, 7) is 2.70. The third-order valence-electron chi connectivity index (χ3n) is 4.71. The van der Waals surface area contributed by atoms with Crippen LogP contribution >= 0.6 is 15.9 Å². The van der Waals surface area contributed by atoms with Crippen LogP contribution in [0.15, 0.2) is 59.1 Å². The van der Waals surface area contributed by atoms with Crippen LogP contribution < -0.4 is 4.90 Å². The summed E-state index contributed by atoms with van der Waals surface area (Å²) in [7, 11) is 0. The van der Waals surface area contributed by atoms with Gasteiger partial charge < -0.3 is 9.80 Å². The Morgan fingerprint density at radius 3 is 2.44 bits per heavy atom. The van der Waals surface area contributed by atoms with E-state index < -0.39 is 0 Å². The van der Waals surface area contributed by atoms with Crippen LogP contribution in [-0.4, -0.2) is 47.2 Å². The lowest BCUT2D eigenvalue weighted by molar-refractivity contribution is 0.0745. The molecule has 1 amide bonds. The second-order valence-electron chi connectivity index (χ2n) is 6.41. The first-order chi connectivity index (χ1) is 13.1. The highest BCUT2D eigenvalue weighted by Gasteiger charge is 2.24. The first-order valence-electron chi connectivity index (χ1n) is 8.72. The molecule has 4 rings (SSSR count). The van der Waals surface area contributed by atoms with Gasteiger partial charge in [-0.1, -0.05) is 12.1 Å². The van der Waals surface area contributed by atoms with Crippen molar-refractivity contribution in [2.24, 2.45) is 0 Å². The van der Waals surface area contributed by atoms with Crippen molar-refractivity contribution >= 4 is 27.7 Å². The molecular weight excluding hydrogens is 411 g/mol. The number of benzene rings is 2. The number of halogens is 2. The Kier molecular flexibility index (Phi) is 4.94. The fourth-order valence-electron chi connectivity index (χ4n) is 3.19. The van der Waals surface area contributed by atoms with Gasteiger partial charge in [0, 0.05) is 36.7 Å². The molecule has 1 aliphatic rings. The number of aromatic nitrogens is 2. The molecule has 1 saturated heterocycles. The number of nitrogens with zero attached hydrogens (tertiary/aromatic N) is 3. The SMILES string of the molecule is O=C(c1ccccc1Br)N1CCN(c2cc(-c3ccc(F)cc3)[nH]n2)CC1. The molecule has 1 fully saturated rings. The van der Waals surface area contributed by atoms with Crippen LogP contribution in [0.5, 0.6) is 0 Å². The average Bonchev–Trinajstić information content (AvgIpc) is 3.19. The van der Waals surface area contributed by atoms with Gasteiger partial charge >= 0.3 is 0 Å². The summed E-state index contributed by atoms with van der Waals surface area (Å²) >= 11 is 3.45. The fraction of sp³-hybridized carbons (Fsp3) is 0.200. The molecule has 0 radical (unpaired) electrons. The molecule has 1 aromatic heterocycles. The number of aromatic amines is 1. The number of hydrogen-bond donors (Lipinski definition) is 1. The Hall–Kier alpha value is -2.67. The summed E-state index contributed by atoms with van der Waals surface area (Å²) < 4.78 is 13.9. The third-order valence-corrected chi connectivity index (χ3v) is 5.41. The molecule has 2 aromatic carbocycles. The van der Waals surface area contributed by atoms with Crippen molar-refractivity contribution in [3.05, 3.63) is 70.5 Å². The van der Waals surface area contributed by atoms with Crippen molar-refractivity contribution in [2.75, 3.05) is 31.1 Å². The number of H-pyrrole nitrogens is 1. The second kappa shape index (κ2) is 7.52. The highest BCUT2D eigenvalue weighted by atomic mass is 79.9. The zero-order valence-electron chi connectivity index (χ0n) is 14.5. The second-order valence-corrected chi connectivity index (χ2v) is 7.26. The third kappa shape index (κ3) is 3.73. The van der Waals surface area contributed by atoms with Crippen molar-refractivity contribution in [1.29, 1.82) is 0 Å². The van der Waals surface area contributed by atoms with E-state index >= 15 is 0 Å². The first-order valence-corrected chi connectivity index (χ1v) is 9.51. The normalized spacial score (nSPS) is 14.4. The van der Waals surface area contributed by atoms with Gasteiger partial charge in [0.25, 0.3) is 5.91 Å². The van der Waals surface area contributed by atoms with E-state index in [1.165, 1.54) is 12.1 Å². The van der Waals surface area contributed by atoms with Gasteiger partial charge in [0.2, 0.25) is 0 Å². The predicted molar refractivity (Wildman–Crippen MR) is 106 cm³/mol. The summed E-state index contributed by atoms with van der Waals surface area (Å²) in [5, 5.41) is 7.38. The molecular formula is C20H18BrFN4O. The number of hydrogen-bond acceptors (Lipinski definition) is 3. The number of rotatable bonds is 3. The van der Waals surface area contributed by atoms with E-state index in [-0.39, 0.29) is 11.7 Å². The van der Waals surface area contributed by atoms with Crippen LogP contribution in [0.4, 0.5) is 10.2 Å². The average molecular weight is 429 g/mol. The Labute approximate surface area is 164 Å². The quantitative estimate of drug-likeness (QED) is 0.687. The van der Waals surface area contributed by atoms with Gasteiger partial charge in [-0.15, -0.1) is 0 Å². The van der Waals surface area contributed by atoms with E-state index in [9.17, 15) is 9.18 Å². The maximum absolute atomic E-state index is 13.1. The van der Waals surface area contributed by atoms with Crippen LogP contribution in [0.3, 0.4) is 0 Å². The minimum Gasteiger partial charge on any atom is -0.352 e. The molecule has 0 aliphatic carbocycles. The summed E-state index contributed by atoms with van der Waals surface area (Å²) in [5.41, 5.74) is 2.42. The van der Waals surface area contributed by atoms with Gasteiger partial charge in [0.15, 0.2) is 5.82 Å². The van der Waals surface area contributed by atoms with Gasteiger partial charge in [-0.3, -0.25) is 9.89 Å². The van der Waals surface area contributed by atoms with Crippen LogP contribution in [0.25, 0.3) is 11.3 Å². The van der Waals surface area contributed by atoms with Gasteiger partial charge in [-0.2, -0.15) is 5.10 Å². The van der Waals surface area contributed by atoms with Crippen LogP contribution in [0.1, 0.15) is 10.4 Å². The Morgan fingerprint density at radius 2 is 1.74 bits per heavy atom. The first kappa shape index (κ1) is 17.7. The largest absolute Gasteiger partial charge is 0.352 e. The lowest BCUT2D eigenvalue weighted by Crippen LogP contribution is -2.49. The fourth-order valence-corrected chi connectivity index (χ4v) is 3.65. The lowest BCUT2D eigenvalue weighted by atomic mass is 10.1. The summed E-state index contributed by atoms with van der Waals surface area (Å²) in [4.78, 5) is 16.7. The zero-order valence-corrected chi connectivity index (χ0v) is 16.1. The molecule has 1 N–H and O–H groups in total. The molecule has 0 atom stereocenters. The van der Waals surface area contributed by atoms with Crippen molar-refractivity contribution < 1.29 is 9.18 Å². The predicted octanol–water partition coefficient (Wildman–Crippen LogP) is 3.94. The number of anilines is 1. The molecule has 2 heterocycles. The monoisotopic (exact) mass is 428 g/mol. The number of piperazine rings is 1. The number of amides is 1. The van der Waals surface area contributed by atoms with Gasteiger partial charge in [0.05, 0.1) is 11.3 Å². The van der Waals surface area contributed by atoms with Gasteiger partial charge in [-0.05, 0) is 57.9 Å². The van der Waals surface area contributed by atoms with Crippen LogP contribution in [0.2, 0.25) is 0 Å². The zero-order chi connectivity index (χ0) is 18.8. The Balaban J connectivity index is 1.42. The van der Waals surface area contributed by atoms with E-state index in [4.69, 9.17) is 0 Å². The Bertz CT molecular complexity index is 949. The maximum atomic E-state index is 13.1. The molecule has 0 bridgehead atoms. The summed E-state index contributed by atoms with van der Waals surface area (Å²) in [6.07, 6.45) is 0. The van der Waals surface area contributed by atoms with Crippen LogP contribution in [0, 0.1) is 5.82 Å². The Morgan fingerprint density at radius 1 is 1.04 bits per heavy atom. The van der Waals surface area contributed by atoms with E-state index in [2.05, 4.69) is 31.0 Å². The highest BCUT2D eigenvalue weighted by molar-refractivity contribution is 9.10. The molecule has 0 saturated carbocycles. The van der Waals surface area contributed by atoms with Crippen molar-refractivity contribution in [1.82, 2.24) is 15.1 Å². The van der Waals surface area contributed by atoms with Crippen molar-refractivity contribution in [3.63, 3.8) is 0 Å². The molecule has 0 spiro atoms. The summed E-state index contributed by atoms with van der Waals surface area (Å²) in [6, 6.07) is 15.7. The topological polar surface area (TPSA) is 52.2 Å². The van der Waals surface area contributed by atoms with E-state index in [1.54, 1.807) is 12.1 Å². The number of nitrogens with one attached hydrogen (secondary N) is 1. The lowest BCUT2D eigenvalue weighted by Gasteiger charge is -2.35. The minimum atomic E-state index is -0.260. The molecule has 0 unspecified atom stereocenters. The molecule has 3 aromatic rings. The minimum absolute atomic E-state index is 0.0381. The molecule has 5 nitrogen and oxygen atoms in total. The van der Waals surface area contributed by atoms with E-state index in [1.807, 2.05) is 35.2 Å².